The number of fused-ring (bicyclic) bond motifs is 3. The summed E-state index contributed by atoms with van der Waals surface area (Å²) in [6.07, 6.45) is 3.87. The summed E-state index contributed by atoms with van der Waals surface area (Å²) < 4.78 is 0. The quantitative estimate of drug-likeness (QED) is 0.539. The van der Waals surface area contributed by atoms with Gasteiger partial charge in [-0.2, -0.15) is 0 Å². The van der Waals surface area contributed by atoms with Gasteiger partial charge >= 0.3 is 0 Å². The number of nitrogens with zero attached hydrogens (tertiary/aromatic N) is 1. The molecule has 0 saturated carbocycles. The zero-order valence-corrected chi connectivity index (χ0v) is 15.0. The van der Waals surface area contributed by atoms with Crippen molar-refractivity contribution in [3.63, 3.8) is 0 Å². The fourth-order valence-electron chi connectivity index (χ4n) is 5.20. The highest BCUT2D eigenvalue weighted by Crippen LogP contribution is 2.56. The molecule has 3 saturated heterocycles. The van der Waals surface area contributed by atoms with Crippen LogP contribution in [0.4, 0.5) is 0 Å². The van der Waals surface area contributed by atoms with Gasteiger partial charge in [-0.3, -0.25) is 4.90 Å². The Kier molecular flexibility index (Phi) is 4.10. The third kappa shape index (κ3) is 2.77. The van der Waals surface area contributed by atoms with Crippen molar-refractivity contribution in [2.24, 2.45) is 5.92 Å². The predicted molar refractivity (Wildman–Crippen MR) is 107 cm³/mol. The zero-order valence-electron chi connectivity index (χ0n) is 15.0. The van der Waals surface area contributed by atoms with E-state index in [-0.39, 0.29) is 0 Å². The van der Waals surface area contributed by atoms with Gasteiger partial charge in [0.15, 0.2) is 0 Å². The van der Waals surface area contributed by atoms with Crippen LogP contribution in [0.25, 0.3) is 0 Å². The molecule has 3 aliphatic rings. The predicted octanol–water partition coefficient (Wildman–Crippen LogP) is 6.33. The van der Waals surface area contributed by atoms with Gasteiger partial charge in [-0.15, -0.1) is 0 Å². The van der Waals surface area contributed by atoms with Crippen molar-refractivity contribution in [3.05, 3.63) is 108 Å². The lowest BCUT2D eigenvalue weighted by Crippen LogP contribution is -2.47. The molecule has 3 heterocycles. The number of rotatable bonds is 3. The second-order valence-corrected chi connectivity index (χ2v) is 7.80. The van der Waals surface area contributed by atoms with Crippen molar-refractivity contribution in [2.45, 2.75) is 37.4 Å². The topological polar surface area (TPSA) is 3.24 Å². The van der Waals surface area contributed by atoms with Gasteiger partial charge in [-0.05, 0) is 41.9 Å². The van der Waals surface area contributed by atoms with Crippen LogP contribution in [0.5, 0.6) is 0 Å². The molecule has 3 aliphatic heterocycles. The normalized spacial score (nSPS) is 30.2. The molecule has 3 unspecified atom stereocenters. The molecule has 3 fully saturated rings. The summed E-state index contributed by atoms with van der Waals surface area (Å²) in [5.74, 6) is 0.792. The van der Waals surface area contributed by atoms with Crippen LogP contribution in [0.3, 0.4) is 0 Å². The van der Waals surface area contributed by atoms with Crippen LogP contribution in [-0.2, 0) is 0 Å². The van der Waals surface area contributed by atoms with Gasteiger partial charge in [0.05, 0.1) is 0 Å². The standard InChI is InChI=1S/C25H25N/c1-4-10-20(11-5-1)23-16-19-17-24(21-12-6-2-7-13-21)26(23)25(18-19)22-14-8-3-9-15-22/h1-15,19,23-25H,16-18H2. The van der Waals surface area contributed by atoms with Crippen molar-refractivity contribution >= 4 is 0 Å². The van der Waals surface area contributed by atoms with Gasteiger partial charge in [0.2, 0.25) is 0 Å². The molecular weight excluding hydrogens is 314 g/mol. The number of hydrogen-bond acceptors (Lipinski definition) is 1. The van der Waals surface area contributed by atoms with Crippen molar-refractivity contribution in [2.75, 3.05) is 0 Å². The highest BCUT2D eigenvalue weighted by molar-refractivity contribution is 5.30. The second kappa shape index (κ2) is 6.74. The molecular formula is C25H25N. The minimum atomic E-state index is 0.513. The van der Waals surface area contributed by atoms with Crippen molar-refractivity contribution < 1.29 is 0 Å². The summed E-state index contributed by atoms with van der Waals surface area (Å²) in [6, 6.07) is 34.9. The Morgan fingerprint density at radius 3 is 1.08 bits per heavy atom. The first-order valence-electron chi connectivity index (χ1n) is 9.82. The second-order valence-electron chi connectivity index (χ2n) is 7.80. The third-order valence-corrected chi connectivity index (χ3v) is 6.30. The van der Waals surface area contributed by atoms with Crippen LogP contribution in [-0.4, -0.2) is 4.90 Å². The number of hydrogen-bond donors (Lipinski definition) is 0. The summed E-state index contributed by atoms with van der Waals surface area (Å²) in [5, 5.41) is 0. The van der Waals surface area contributed by atoms with Gasteiger partial charge in [-0.1, -0.05) is 91.0 Å². The molecule has 0 N–H and O–H groups in total. The first-order valence-corrected chi connectivity index (χ1v) is 9.82. The lowest BCUT2D eigenvalue weighted by atomic mass is 9.70. The summed E-state index contributed by atoms with van der Waals surface area (Å²) in [5.41, 5.74) is 4.41. The van der Waals surface area contributed by atoms with Crippen LogP contribution >= 0.6 is 0 Å². The van der Waals surface area contributed by atoms with E-state index in [0.717, 1.165) is 5.92 Å². The first kappa shape index (κ1) is 15.8. The van der Waals surface area contributed by atoms with E-state index >= 15 is 0 Å². The Labute approximate surface area is 156 Å². The maximum Gasteiger partial charge on any atom is 0.0363 e. The molecule has 0 amide bonds. The Morgan fingerprint density at radius 1 is 0.462 bits per heavy atom. The van der Waals surface area contributed by atoms with E-state index in [1.54, 1.807) is 0 Å². The van der Waals surface area contributed by atoms with Gasteiger partial charge in [0.1, 0.15) is 0 Å². The van der Waals surface area contributed by atoms with E-state index < -0.39 is 0 Å². The molecule has 1 heteroatoms. The first-order chi connectivity index (χ1) is 12.9. The van der Waals surface area contributed by atoms with Gasteiger partial charge in [0, 0.05) is 18.1 Å². The molecule has 2 bridgehead atoms. The van der Waals surface area contributed by atoms with E-state index in [1.165, 1.54) is 36.0 Å². The molecule has 3 atom stereocenters. The molecule has 3 aromatic rings. The van der Waals surface area contributed by atoms with E-state index in [2.05, 4.69) is 95.9 Å². The highest BCUT2D eigenvalue weighted by atomic mass is 15.2. The van der Waals surface area contributed by atoms with Crippen LogP contribution in [0.15, 0.2) is 91.0 Å². The molecule has 6 rings (SSSR count). The Bertz CT molecular complexity index is 725. The van der Waals surface area contributed by atoms with Crippen LogP contribution in [0.2, 0.25) is 0 Å². The number of benzene rings is 3. The van der Waals surface area contributed by atoms with Gasteiger partial charge < -0.3 is 0 Å². The lowest BCUT2D eigenvalue weighted by molar-refractivity contribution is -0.0551. The lowest BCUT2D eigenvalue weighted by Gasteiger charge is -2.55. The summed E-state index contributed by atoms with van der Waals surface area (Å²) in [7, 11) is 0. The van der Waals surface area contributed by atoms with E-state index in [0.29, 0.717) is 18.1 Å². The Hall–Kier alpha value is -2.38. The van der Waals surface area contributed by atoms with Crippen molar-refractivity contribution in [1.82, 2.24) is 4.90 Å². The molecule has 0 spiro atoms. The van der Waals surface area contributed by atoms with Crippen molar-refractivity contribution in [3.8, 4) is 0 Å². The molecule has 26 heavy (non-hydrogen) atoms. The largest absolute Gasteiger partial charge is 0.282 e. The minimum Gasteiger partial charge on any atom is -0.282 e. The van der Waals surface area contributed by atoms with E-state index in [1.807, 2.05) is 0 Å². The molecule has 0 radical (unpaired) electrons. The number of piperidine rings is 3. The van der Waals surface area contributed by atoms with Gasteiger partial charge in [-0.25, -0.2) is 0 Å². The minimum absolute atomic E-state index is 0.513. The SMILES string of the molecule is c1ccc(C2CC3CC(c4ccccc4)N2C(c2ccccc2)C3)cc1. The van der Waals surface area contributed by atoms with Gasteiger partial charge in [0.25, 0.3) is 0 Å². The average Bonchev–Trinajstić information content (AvgIpc) is 2.75. The zero-order chi connectivity index (χ0) is 17.3. The van der Waals surface area contributed by atoms with E-state index in [4.69, 9.17) is 0 Å². The maximum absolute atomic E-state index is 2.82. The Morgan fingerprint density at radius 2 is 0.769 bits per heavy atom. The fourth-order valence-corrected chi connectivity index (χ4v) is 5.20. The van der Waals surface area contributed by atoms with Crippen molar-refractivity contribution in [1.29, 1.82) is 0 Å². The summed E-state index contributed by atoms with van der Waals surface area (Å²) in [6.45, 7) is 0. The van der Waals surface area contributed by atoms with E-state index in [9.17, 15) is 0 Å². The van der Waals surface area contributed by atoms with Crippen LogP contribution in [0.1, 0.15) is 54.1 Å². The summed E-state index contributed by atoms with van der Waals surface area (Å²) >= 11 is 0. The van der Waals surface area contributed by atoms with Crippen LogP contribution in [0, 0.1) is 5.92 Å². The molecule has 0 aliphatic carbocycles. The maximum atomic E-state index is 2.82. The monoisotopic (exact) mass is 339 g/mol. The Balaban J connectivity index is 1.60. The van der Waals surface area contributed by atoms with Crippen LogP contribution < -0.4 is 0 Å². The fraction of sp³-hybridized carbons (Fsp3) is 0.280. The molecule has 130 valence electrons. The summed E-state index contributed by atoms with van der Waals surface area (Å²) in [4.78, 5) is 2.82. The molecule has 1 nitrogen and oxygen atoms in total. The smallest absolute Gasteiger partial charge is 0.0363 e. The molecule has 0 aromatic heterocycles. The molecule has 3 aromatic carbocycles. The average molecular weight is 339 g/mol. The third-order valence-electron chi connectivity index (χ3n) is 6.30. The highest BCUT2D eigenvalue weighted by Gasteiger charge is 2.46.